The highest BCUT2D eigenvalue weighted by Gasteiger charge is 2.51. The van der Waals surface area contributed by atoms with Crippen LogP contribution in [0.2, 0.25) is 0 Å². The monoisotopic (exact) mass is 978 g/mol. The highest BCUT2D eigenvalue weighted by Crippen LogP contribution is 2.30. The minimum atomic E-state index is -1.79. The Kier molecular flexibility index (Phi) is 37.1. The Morgan fingerprint density at radius 1 is 0.536 bits per heavy atom. The number of ether oxygens (including phenoxy) is 4. The summed E-state index contributed by atoms with van der Waals surface area (Å²) in [6.45, 7) is 2.68. The van der Waals surface area contributed by atoms with Crippen molar-refractivity contribution in [2.24, 2.45) is 0 Å². The normalized spacial score (nSPS) is 26.8. The molecule has 14 nitrogen and oxygen atoms in total. The van der Waals surface area contributed by atoms with Crippen molar-refractivity contribution in [3.63, 3.8) is 0 Å². The Morgan fingerprint density at radius 2 is 0.971 bits per heavy atom. The smallest absolute Gasteiger partial charge is 0.220 e. The van der Waals surface area contributed by atoms with E-state index in [9.17, 15) is 45.6 Å². The van der Waals surface area contributed by atoms with Crippen LogP contribution in [0.4, 0.5) is 0 Å². The lowest BCUT2D eigenvalue weighted by atomic mass is 9.97. The lowest BCUT2D eigenvalue weighted by molar-refractivity contribution is -0.359. The molecule has 0 aromatic heterocycles. The molecule has 0 saturated carbocycles. The predicted molar refractivity (Wildman–Crippen MR) is 272 cm³/mol. The standard InChI is InChI=1S/C55H95NO13/c1-3-5-7-9-11-13-15-17-19-21-22-23-25-27-29-31-33-35-37-39-47(60)56-43(44(59)38-36-34-32-30-28-26-24-20-18-16-14-12-10-8-6-4-2)42-66-54-52(65)50(63)53(46(41-58)68-54)69-55-51(64)49(62)48(61)45(40-57)67-55/h5,7,11,13,17,19,22-23,27,29,33,35,43-46,48-55,57-59,61-65H,3-4,6,8-10,12,14-16,18,20-21,24-26,28,30-32,34,36-42H2,1-2H3,(H,56,60)/b7-5-,13-11-,19-17-,23-22-,29-27-,35-33-. The highest BCUT2D eigenvalue weighted by atomic mass is 16.7. The van der Waals surface area contributed by atoms with E-state index in [4.69, 9.17) is 18.9 Å². The van der Waals surface area contributed by atoms with Gasteiger partial charge in [-0.15, -0.1) is 0 Å². The molecule has 2 heterocycles. The van der Waals surface area contributed by atoms with Crippen molar-refractivity contribution in [2.75, 3.05) is 19.8 Å². The molecule has 9 N–H and O–H groups in total. The molecule has 2 fully saturated rings. The van der Waals surface area contributed by atoms with E-state index in [0.29, 0.717) is 12.8 Å². The molecule has 2 saturated heterocycles. The number of carbonyl (C=O) groups excluding carboxylic acids is 1. The number of aliphatic hydroxyl groups is 8. The SMILES string of the molecule is CC/C=C\C/C=C\C/C=C\C/C=C\C/C=C\C/C=C\CCC(=O)NC(COC1OC(CO)C(OC2OC(CO)C(O)C(O)C2O)C(O)C1O)C(O)CCCCCCCCCCCCCCCCCC. The molecule has 398 valence electrons. The minimum Gasteiger partial charge on any atom is -0.394 e. The van der Waals surface area contributed by atoms with Crippen LogP contribution >= 0.6 is 0 Å². The van der Waals surface area contributed by atoms with E-state index < -0.39 is 86.8 Å². The zero-order valence-electron chi connectivity index (χ0n) is 42.3. The van der Waals surface area contributed by atoms with Gasteiger partial charge in [0.2, 0.25) is 5.91 Å². The summed E-state index contributed by atoms with van der Waals surface area (Å²) in [5.41, 5.74) is 0. The van der Waals surface area contributed by atoms with E-state index in [2.05, 4.69) is 79.9 Å². The number of nitrogens with one attached hydrogen (secondary N) is 1. The topological polar surface area (TPSA) is 228 Å². The molecule has 0 spiro atoms. The summed E-state index contributed by atoms with van der Waals surface area (Å²) in [6, 6.07) is -0.872. The van der Waals surface area contributed by atoms with Gasteiger partial charge in [-0.2, -0.15) is 0 Å². The molecule has 0 aromatic carbocycles. The number of unbranched alkanes of at least 4 members (excludes halogenated alkanes) is 15. The van der Waals surface area contributed by atoms with Crippen LogP contribution in [0.25, 0.3) is 0 Å². The molecule has 0 aromatic rings. The van der Waals surface area contributed by atoms with Gasteiger partial charge in [-0.25, -0.2) is 0 Å². The number of carbonyl (C=O) groups is 1. The number of hydrogen-bond donors (Lipinski definition) is 9. The number of rotatable bonds is 40. The fourth-order valence-corrected chi connectivity index (χ4v) is 8.38. The van der Waals surface area contributed by atoms with Gasteiger partial charge in [-0.3, -0.25) is 4.79 Å². The molecule has 2 aliphatic heterocycles. The fraction of sp³-hybridized carbons (Fsp3) is 0.764. The zero-order valence-corrected chi connectivity index (χ0v) is 42.3. The summed E-state index contributed by atoms with van der Waals surface area (Å²) in [5, 5.41) is 86.9. The lowest BCUT2D eigenvalue weighted by Crippen LogP contribution is -2.65. The number of allylic oxidation sites excluding steroid dienone is 12. The van der Waals surface area contributed by atoms with E-state index in [0.717, 1.165) is 64.2 Å². The first-order valence-corrected chi connectivity index (χ1v) is 26.7. The van der Waals surface area contributed by atoms with Crippen molar-refractivity contribution in [2.45, 2.75) is 248 Å². The van der Waals surface area contributed by atoms with E-state index in [1.165, 1.54) is 77.0 Å². The quantitative estimate of drug-likeness (QED) is 0.0213. The first-order valence-electron chi connectivity index (χ1n) is 26.7. The van der Waals surface area contributed by atoms with Gasteiger partial charge in [0.25, 0.3) is 0 Å². The third kappa shape index (κ3) is 27.7. The summed E-state index contributed by atoms with van der Waals surface area (Å²) in [7, 11) is 0. The average Bonchev–Trinajstić information content (AvgIpc) is 3.35. The van der Waals surface area contributed by atoms with Crippen LogP contribution in [0.3, 0.4) is 0 Å². The van der Waals surface area contributed by atoms with E-state index in [1.807, 2.05) is 12.2 Å². The molecule has 12 unspecified atom stereocenters. The summed E-state index contributed by atoms with van der Waals surface area (Å²) in [5.74, 6) is -0.291. The second kappa shape index (κ2) is 41.0. The van der Waals surface area contributed by atoms with Crippen molar-refractivity contribution >= 4 is 5.91 Å². The van der Waals surface area contributed by atoms with E-state index in [-0.39, 0.29) is 18.9 Å². The van der Waals surface area contributed by atoms with Gasteiger partial charge in [0.1, 0.15) is 48.8 Å². The third-order valence-electron chi connectivity index (χ3n) is 12.7. The fourth-order valence-electron chi connectivity index (χ4n) is 8.38. The Balaban J connectivity index is 1.85. The van der Waals surface area contributed by atoms with Crippen LogP contribution in [0, 0.1) is 0 Å². The maximum Gasteiger partial charge on any atom is 0.220 e. The molecule has 14 heteroatoms. The molecule has 69 heavy (non-hydrogen) atoms. The Morgan fingerprint density at radius 3 is 1.45 bits per heavy atom. The Labute approximate surface area is 415 Å². The molecule has 0 radical (unpaired) electrons. The Bertz CT molecular complexity index is 1430. The van der Waals surface area contributed by atoms with Crippen LogP contribution in [0.1, 0.15) is 174 Å². The van der Waals surface area contributed by atoms with Crippen LogP contribution in [-0.2, 0) is 23.7 Å². The van der Waals surface area contributed by atoms with Crippen LogP contribution in [-0.4, -0.2) is 140 Å². The van der Waals surface area contributed by atoms with Gasteiger partial charge < -0.3 is 65.1 Å². The van der Waals surface area contributed by atoms with Gasteiger partial charge in [0.15, 0.2) is 12.6 Å². The van der Waals surface area contributed by atoms with Gasteiger partial charge in [-0.1, -0.05) is 189 Å². The van der Waals surface area contributed by atoms with Crippen LogP contribution in [0.5, 0.6) is 0 Å². The molecule has 0 aliphatic carbocycles. The average molecular weight is 978 g/mol. The Hall–Kier alpha value is -2.57. The molecule has 1 amide bonds. The van der Waals surface area contributed by atoms with Crippen LogP contribution < -0.4 is 5.32 Å². The second-order valence-electron chi connectivity index (χ2n) is 18.6. The number of hydrogen-bond acceptors (Lipinski definition) is 13. The second-order valence-corrected chi connectivity index (χ2v) is 18.6. The maximum atomic E-state index is 13.2. The van der Waals surface area contributed by atoms with Crippen molar-refractivity contribution < 1.29 is 64.6 Å². The van der Waals surface area contributed by atoms with Crippen molar-refractivity contribution in [3.8, 4) is 0 Å². The van der Waals surface area contributed by atoms with E-state index in [1.54, 1.807) is 0 Å². The largest absolute Gasteiger partial charge is 0.394 e. The lowest BCUT2D eigenvalue weighted by Gasteiger charge is -2.46. The maximum absolute atomic E-state index is 13.2. The van der Waals surface area contributed by atoms with Gasteiger partial charge in [-0.05, 0) is 51.4 Å². The first kappa shape index (κ1) is 62.5. The molecule has 2 aliphatic rings. The number of amides is 1. The molecule has 12 atom stereocenters. The number of aliphatic hydroxyl groups excluding tert-OH is 8. The third-order valence-corrected chi connectivity index (χ3v) is 12.7. The van der Waals surface area contributed by atoms with Crippen molar-refractivity contribution in [1.82, 2.24) is 5.32 Å². The van der Waals surface area contributed by atoms with Gasteiger partial charge in [0.05, 0.1) is 32.0 Å². The summed E-state index contributed by atoms with van der Waals surface area (Å²) in [4.78, 5) is 13.2. The predicted octanol–water partition coefficient (Wildman–Crippen LogP) is 7.60. The summed E-state index contributed by atoms with van der Waals surface area (Å²) in [6.07, 6.45) is 34.8. The van der Waals surface area contributed by atoms with Crippen LogP contribution in [0.15, 0.2) is 72.9 Å². The van der Waals surface area contributed by atoms with Gasteiger partial charge in [0, 0.05) is 6.42 Å². The molecular weight excluding hydrogens is 883 g/mol. The molecule has 2 rings (SSSR count). The zero-order chi connectivity index (χ0) is 50.3. The van der Waals surface area contributed by atoms with Crippen molar-refractivity contribution in [1.29, 1.82) is 0 Å². The summed E-state index contributed by atoms with van der Waals surface area (Å²) >= 11 is 0. The highest BCUT2D eigenvalue weighted by molar-refractivity contribution is 5.76. The molecule has 0 bridgehead atoms. The first-order chi connectivity index (χ1) is 33.6. The van der Waals surface area contributed by atoms with Crippen molar-refractivity contribution in [3.05, 3.63) is 72.9 Å². The minimum absolute atomic E-state index is 0.176. The summed E-state index contributed by atoms with van der Waals surface area (Å²) < 4.78 is 22.7. The van der Waals surface area contributed by atoms with Gasteiger partial charge >= 0.3 is 0 Å². The van der Waals surface area contributed by atoms with E-state index >= 15 is 0 Å². The molecular formula is C55H95NO13.